The van der Waals surface area contributed by atoms with Gasteiger partial charge >= 0.3 is 12.2 Å². The Bertz CT molecular complexity index is 2040. The normalized spacial score (nSPS) is 17.4. The van der Waals surface area contributed by atoms with E-state index in [2.05, 4.69) is 40.9 Å². The molecule has 0 bridgehead atoms. The summed E-state index contributed by atoms with van der Waals surface area (Å²) in [6, 6.07) is 9.96. The van der Waals surface area contributed by atoms with Gasteiger partial charge in [-0.1, -0.05) is 19.6 Å². The van der Waals surface area contributed by atoms with Crippen LogP contribution in [0.15, 0.2) is 30.3 Å². The number of imidazole rings is 1. The van der Waals surface area contributed by atoms with E-state index in [1.807, 2.05) is 69.6 Å². The fourth-order valence-electron chi connectivity index (χ4n) is 6.75. The van der Waals surface area contributed by atoms with Crippen LogP contribution in [-0.2, 0) is 23.1 Å². The van der Waals surface area contributed by atoms with E-state index in [4.69, 9.17) is 24.2 Å². The zero-order valence-corrected chi connectivity index (χ0v) is 34.4. The summed E-state index contributed by atoms with van der Waals surface area (Å²) in [5.41, 5.74) is 3.68. The monoisotopic (exact) mass is 760 g/mol. The number of carbonyl (C=O) groups is 3. The first kappa shape index (κ1) is 39.1. The molecule has 2 fully saturated rings. The van der Waals surface area contributed by atoms with Crippen molar-refractivity contribution in [2.24, 2.45) is 13.0 Å². The van der Waals surface area contributed by atoms with Crippen LogP contribution in [0.2, 0.25) is 25.7 Å². The number of hydrazine groups is 1. The Labute approximate surface area is 318 Å². The van der Waals surface area contributed by atoms with Crippen molar-refractivity contribution in [1.82, 2.24) is 39.8 Å². The van der Waals surface area contributed by atoms with Gasteiger partial charge in [0.15, 0.2) is 5.82 Å². The number of benzene rings is 1. The lowest BCUT2D eigenvalue weighted by Gasteiger charge is -2.40. The van der Waals surface area contributed by atoms with Crippen LogP contribution >= 0.6 is 0 Å². The molecule has 2 aliphatic rings. The predicted octanol–water partition coefficient (Wildman–Crippen LogP) is 6.72. The fraction of sp³-hybridized carbons (Fsp3) is 0.564. The van der Waals surface area contributed by atoms with Crippen LogP contribution in [0.4, 0.5) is 9.59 Å². The summed E-state index contributed by atoms with van der Waals surface area (Å²) in [6.45, 7) is 16.2. The Morgan fingerprint density at radius 3 is 2.43 bits per heavy atom. The molecular formula is C39H56N8O6Si. The highest BCUT2D eigenvalue weighted by molar-refractivity contribution is 6.76. The van der Waals surface area contributed by atoms with E-state index in [1.165, 1.54) is 0 Å². The Kier molecular flexibility index (Phi) is 11.0. The van der Waals surface area contributed by atoms with Crippen molar-refractivity contribution in [2.75, 3.05) is 33.9 Å². The van der Waals surface area contributed by atoms with E-state index < -0.39 is 25.9 Å². The third-order valence-corrected chi connectivity index (χ3v) is 11.7. The Morgan fingerprint density at radius 2 is 1.76 bits per heavy atom. The van der Waals surface area contributed by atoms with Gasteiger partial charge in [0.05, 0.1) is 49.2 Å². The molecular weight excluding hydrogens is 705 g/mol. The van der Waals surface area contributed by atoms with Gasteiger partial charge in [0.1, 0.15) is 22.5 Å². The lowest BCUT2D eigenvalue weighted by molar-refractivity contribution is -0.0231. The van der Waals surface area contributed by atoms with Gasteiger partial charge in [-0.3, -0.25) is 9.80 Å². The number of alkyl carbamates (subject to hydrolysis) is 2. The Hall–Kier alpha value is -4.63. The fourth-order valence-corrected chi connectivity index (χ4v) is 7.47. The number of aromatic nitrogens is 4. The maximum atomic E-state index is 14.1. The van der Waals surface area contributed by atoms with Crippen molar-refractivity contribution in [2.45, 2.75) is 96.9 Å². The summed E-state index contributed by atoms with van der Waals surface area (Å²) in [4.78, 5) is 49.4. The van der Waals surface area contributed by atoms with Crippen LogP contribution in [-0.4, -0.2) is 101 Å². The van der Waals surface area contributed by atoms with Gasteiger partial charge in [-0.25, -0.2) is 24.6 Å². The highest BCUT2D eigenvalue weighted by Gasteiger charge is 2.32. The molecule has 2 atom stereocenters. The summed E-state index contributed by atoms with van der Waals surface area (Å²) in [5, 5.41) is 10.4. The second-order valence-corrected chi connectivity index (χ2v) is 22.6. The maximum Gasteiger partial charge on any atom is 0.407 e. The number of ether oxygens (including phenoxy) is 3. The van der Waals surface area contributed by atoms with Crippen molar-refractivity contribution >= 4 is 48.2 Å². The third kappa shape index (κ3) is 9.00. The lowest BCUT2D eigenvalue weighted by Crippen LogP contribution is -2.57. The van der Waals surface area contributed by atoms with Crippen molar-refractivity contribution in [3.63, 3.8) is 0 Å². The average Bonchev–Trinajstić information content (AvgIpc) is 3.75. The first-order valence-corrected chi connectivity index (χ1v) is 22.6. The maximum absolute atomic E-state index is 14.1. The van der Waals surface area contributed by atoms with Gasteiger partial charge in [-0.05, 0) is 89.3 Å². The van der Waals surface area contributed by atoms with Crippen molar-refractivity contribution < 1.29 is 28.6 Å². The largest absolute Gasteiger partial charge is 0.494 e. The zero-order valence-electron chi connectivity index (χ0n) is 33.4. The van der Waals surface area contributed by atoms with Crippen LogP contribution in [0.1, 0.15) is 69.1 Å². The molecule has 1 saturated heterocycles. The molecule has 1 saturated carbocycles. The zero-order chi connectivity index (χ0) is 39.1. The highest BCUT2D eigenvalue weighted by Crippen LogP contribution is 2.38. The van der Waals surface area contributed by atoms with E-state index in [-0.39, 0.29) is 18.0 Å². The van der Waals surface area contributed by atoms with Gasteiger partial charge < -0.3 is 34.0 Å². The van der Waals surface area contributed by atoms with E-state index in [0.717, 1.165) is 59.2 Å². The molecule has 3 amide bonds. The Balaban J connectivity index is 1.29. The summed E-state index contributed by atoms with van der Waals surface area (Å²) in [6.07, 6.45) is 2.05. The van der Waals surface area contributed by atoms with Crippen LogP contribution in [0, 0.1) is 5.92 Å². The van der Waals surface area contributed by atoms with Crippen molar-refractivity contribution in [1.29, 1.82) is 0 Å². The van der Waals surface area contributed by atoms with Crippen LogP contribution < -0.4 is 15.4 Å². The SMILES string of the molecule is COc1cc(C(=O)N2C[C@H](NC(=O)OC(C)(C)C)CCN2C)cc2nc(-c3cc4ccc([C@@H](C)NC(=O)OCC[Si](C)(C)C)nc4n3CC3CC3)n(C)c12. The number of amides is 3. The molecule has 0 spiro atoms. The van der Waals surface area contributed by atoms with Crippen LogP contribution in [0.3, 0.4) is 0 Å². The van der Waals surface area contributed by atoms with E-state index in [9.17, 15) is 14.4 Å². The topological polar surface area (TPSA) is 145 Å². The molecule has 1 aromatic carbocycles. The predicted molar refractivity (Wildman–Crippen MR) is 211 cm³/mol. The number of rotatable bonds is 11. The molecule has 54 heavy (non-hydrogen) atoms. The van der Waals surface area contributed by atoms with Crippen LogP contribution in [0.25, 0.3) is 33.6 Å². The second kappa shape index (κ2) is 15.2. The molecule has 4 aromatic rings. The number of hydrogen-bond donors (Lipinski definition) is 2. The Morgan fingerprint density at radius 1 is 1.02 bits per heavy atom. The quantitative estimate of drug-likeness (QED) is 0.159. The number of pyridine rings is 1. The number of aryl methyl sites for hydroxylation is 1. The minimum absolute atomic E-state index is 0.220. The molecule has 0 unspecified atom stereocenters. The molecule has 15 heteroatoms. The lowest BCUT2D eigenvalue weighted by atomic mass is 10.1. The number of fused-ring (bicyclic) bond motifs is 2. The second-order valence-electron chi connectivity index (χ2n) is 17.0. The molecule has 0 radical (unpaired) electrons. The van der Waals surface area contributed by atoms with Gasteiger partial charge in [0, 0.05) is 46.2 Å². The first-order chi connectivity index (χ1) is 25.4. The van der Waals surface area contributed by atoms with E-state index in [1.54, 1.807) is 18.2 Å². The molecule has 292 valence electrons. The molecule has 1 aliphatic carbocycles. The van der Waals surface area contributed by atoms with Crippen molar-refractivity contribution in [3.05, 3.63) is 41.6 Å². The molecule has 4 heterocycles. The minimum atomic E-state index is -1.32. The summed E-state index contributed by atoms with van der Waals surface area (Å²) in [7, 11) is 4.10. The molecule has 1 aliphatic heterocycles. The smallest absolute Gasteiger partial charge is 0.407 e. The van der Waals surface area contributed by atoms with Gasteiger partial charge in [0.2, 0.25) is 0 Å². The van der Waals surface area contributed by atoms with Crippen molar-refractivity contribution in [3.8, 4) is 17.3 Å². The molecule has 6 rings (SSSR count). The summed E-state index contributed by atoms with van der Waals surface area (Å²) < 4.78 is 21.1. The minimum Gasteiger partial charge on any atom is -0.494 e. The number of methoxy groups -OCH3 is 1. The molecule has 3 aromatic heterocycles. The number of nitrogens with zero attached hydrogens (tertiary/aromatic N) is 6. The van der Waals surface area contributed by atoms with Gasteiger partial charge in [-0.2, -0.15) is 0 Å². The summed E-state index contributed by atoms with van der Waals surface area (Å²) in [5.74, 6) is 1.58. The number of hydrogen-bond acceptors (Lipinski definition) is 9. The van der Waals surface area contributed by atoms with E-state index >= 15 is 0 Å². The number of carbonyl (C=O) groups excluding carboxylic acids is 3. The van der Waals surface area contributed by atoms with Crippen LogP contribution in [0.5, 0.6) is 5.75 Å². The third-order valence-electron chi connectivity index (χ3n) is 9.96. The summed E-state index contributed by atoms with van der Waals surface area (Å²) >= 11 is 0. The van der Waals surface area contributed by atoms with E-state index in [0.29, 0.717) is 48.9 Å². The highest BCUT2D eigenvalue weighted by atomic mass is 28.3. The molecule has 14 nitrogen and oxygen atoms in total. The van der Waals surface area contributed by atoms with Gasteiger partial charge in [-0.15, -0.1) is 0 Å². The first-order valence-electron chi connectivity index (χ1n) is 18.9. The molecule has 2 N–H and O–H groups in total. The number of nitrogens with one attached hydrogen (secondary N) is 2. The standard InChI is InChI=1S/C39H56N8O6Si/c1-24(40-37(49)52-17-18-54(8,9)10)29-14-13-26-20-31(46(34(26)42-29)22-25-11-12-25)35-43-30-19-27(21-32(51-7)33(30)45(35)6)36(48)47-23-28(15-16-44(47)5)41-38(50)53-39(2,3)4/h13-14,19-21,24-25,28H,11-12,15-18,22-23H2,1-10H3,(H,40,49)(H,41,50)/t24-,28-/m1/s1. The van der Waals surface area contributed by atoms with Gasteiger partial charge in [0.25, 0.3) is 5.91 Å². The average molecular weight is 761 g/mol.